The topological polar surface area (TPSA) is 59.6 Å². The van der Waals surface area contributed by atoms with Crippen molar-refractivity contribution in [1.29, 1.82) is 0 Å². The van der Waals surface area contributed by atoms with Gasteiger partial charge in [0.15, 0.2) is 0 Å². The molecule has 0 fully saturated rings. The summed E-state index contributed by atoms with van der Waals surface area (Å²) in [5.74, 6) is 0. The summed E-state index contributed by atoms with van der Waals surface area (Å²) < 4.78 is 14.1. The van der Waals surface area contributed by atoms with Gasteiger partial charge in [0.05, 0.1) is 13.2 Å². The predicted octanol–water partition coefficient (Wildman–Crippen LogP) is 5.97. The Morgan fingerprint density at radius 3 is 2.42 bits per heavy atom. The summed E-state index contributed by atoms with van der Waals surface area (Å²) in [7, 11) is 0. The molecule has 0 aliphatic heterocycles. The first kappa shape index (κ1) is 21.7. The Morgan fingerprint density at radius 2 is 1.88 bits per heavy atom. The lowest BCUT2D eigenvalue weighted by molar-refractivity contribution is 0.251. The second-order valence-corrected chi connectivity index (χ2v) is 11.3. The minimum Gasteiger partial charge on any atom is -0.321 e. The van der Waals surface area contributed by atoms with E-state index in [1.807, 2.05) is 0 Å². The van der Waals surface area contributed by atoms with Gasteiger partial charge < -0.3 is 14.4 Å². The number of urea groups is 1. The molecule has 1 aromatic carbocycles. The zero-order chi connectivity index (χ0) is 17.8. The largest absolute Gasteiger partial charge is 0.329 e. The molecule has 0 bridgehead atoms. The molecule has 2 N–H and O–H groups in total. The van der Waals surface area contributed by atoms with Crippen LogP contribution in [0.2, 0.25) is 5.02 Å². The van der Waals surface area contributed by atoms with E-state index in [4.69, 9.17) is 32.5 Å². The Balaban J connectivity index is 2.52. The Morgan fingerprint density at radius 1 is 1.25 bits per heavy atom. The van der Waals surface area contributed by atoms with Crippen LogP contribution in [0.4, 0.5) is 10.5 Å². The molecule has 0 aromatic heterocycles. The van der Waals surface area contributed by atoms with Crippen molar-refractivity contribution in [3.8, 4) is 0 Å². The van der Waals surface area contributed by atoms with Crippen molar-refractivity contribution in [3.63, 3.8) is 0 Å². The fourth-order valence-corrected chi connectivity index (χ4v) is 5.00. The third-order valence-corrected chi connectivity index (χ3v) is 7.44. The van der Waals surface area contributed by atoms with Gasteiger partial charge in [-0.15, -0.1) is 0 Å². The molecule has 2 amide bonds. The number of anilines is 1. The zero-order valence-electron chi connectivity index (χ0n) is 13.9. The van der Waals surface area contributed by atoms with Gasteiger partial charge in [0.1, 0.15) is 0 Å². The second-order valence-electron chi connectivity index (χ2n) is 4.98. The summed E-state index contributed by atoms with van der Waals surface area (Å²) in [6.07, 6.45) is 3.84. The van der Waals surface area contributed by atoms with Gasteiger partial charge in [-0.2, -0.15) is 0 Å². The smallest absolute Gasteiger partial charge is 0.321 e. The molecule has 0 atom stereocenters. The molecule has 1 aromatic rings. The summed E-state index contributed by atoms with van der Waals surface area (Å²) in [5, 5.41) is 3.25. The van der Waals surface area contributed by atoms with Crippen LogP contribution in [-0.4, -0.2) is 19.2 Å². The summed E-state index contributed by atoms with van der Waals surface area (Å²) in [4.78, 5) is 12.0. The first-order valence-corrected chi connectivity index (χ1v) is 12.3. The highest BCUT2D eigenvalue weighted by Crippen LogP contribution is 2.59. The fraction of sp³-hybridized carbons (Fsp3) is 0.533. The summed E-state index contributed by atoms with van der Waals surface area (Å²) in [5.41, 5.74) is -1.99. The number of unbranched alkanes of at least 4 members (excludes halogenated alkanes) is 2. The Bertz CT molecular complexity index is 549. The fourth-order valence-electron chi connectivity index (χ4n) is 1.55. The SMILES string of the molecule is CCCCOP(=S)(OCCCC)SNC(=O)Nc1cccc(Cl)c1. The quantitative estimate of drug-likeness (QED) is 0.267. The molecule has 0 aliphatic rings. The van der Waals surface area contributed by atoms with E-state index in [1.54, 1.807) is 24.3 Å². The number of carbonyl (C=O) groups excluding carboxylic acids is 1. The van der Waals surface area contributed by atoms with Crippen molar-refractivity contribution >= 4 is 52.4 Å². The van der Waals surface area contributed by atoms with Crippen LogP contribution >= 0.6 is 28.9 Å². The molecule has 0 saturated heterocycles. The summed E-state index contributed by atoms with van der Waals surface area (Å²) in [6.45, 7) is 5.22. The zero-order valence-corrected chi connectivity index (χ0v) is 17.2. The number of hydrogen-bond donors (Lipinski definition) is 2. The summed E-state index contributed by atoms with van der Waals surface area (Å²) in [6, 6.07) is 6.52. The minimum atomic E-state index is -2.59. The first-order valence-electron chi connectivity index (χ1n) is 7.89. The lowest BCUT2D eigenvalue weighted by Crippen LogP contribution is -2.23. The number of amides is 2. The van der Waals surface area contributed by atoms with E-state index in [-0.39, 0.29) is 0 Å². The molecule has 0 radical (unpaired) electrons. The van der Waals surface area contributed by atoms with Gasteiger partial charge in [0.2, 0.25) is 0 Å². The maximum Gasteiger partial charge on any atom is 0.329 e. The number of halogens is 1. The van der Waals surface area contributed by atoms with Gasteiger partial charge in [-0.3, -0.25) is 4.72 Å². The van der Waals surface area contributed by atoms with Gasteiger partial charge in [-0.05, 0) is 42.8 Å². The van der Waals surface area contributed by atoms with Crippen LogP contribution in [0.25, 0.3) is 0 Å². The Hall–Kier alpha value is -0.300. The maximum absolute atomic E-state index is 12.0. The molecule has 136 valence electrons. The van der Waals surface area contributed by atoms with E-state index in [9.17, 15) is 4.79 Å². The summed E-state index contributed by atoms with van der Waals surface area (Å²) >= 11 is 12.4. The van der Waals surface area contributed by atoms with Crippen molar-refractivity contribution in [2.75, 3.05) is 18.5 Å². The second kappa shape index (κ2) is 12.1. The van der Waals surface area contributed by atoms with Crippen molar-refractivity contribution in [2.45, 2.75) is 39.5 Å². The van der Waals surface area contributed by atoms with Crippen LogP contribution in [0.3, 0.4) is 0 Å². The van der Waals surface area contributed by atoms with E-state index in [1.165, 1.54) is 0 Å². The average Bonchev–Trinajstić information content (AvgIpc) is 2.54. The third kappa shape index (κ3) is 9.25. The van der Waals surface area contributed by atoms with Crippen molar-refractivity contribution in [2.24, 2.45) is 0 Å². The minimum absolute atomic E-state index is 0.394. The first-order chi connectivity index (χ1) is 11.5. The van der Waals surface area contributed by atoms with E-state index in [0.717, 1.165) is 37.3 Å². The Labute approximate surface area is 158 Å². The molecule has 0 heterocycles. The molecule has 0 saturated carbocycles. The standard InChI is InChI=1S/C15H24ClN2O3PS2/c1-3-5-10-20-22(23,21-11-6-4-2)24-18-15(19)17-14-9-7-8-13(16)12-14/h7-9,12H,3-6,10-11H2,1-2H3,(H2,17,18,19). The predicted molar refractivity (Wildman–Crippen MR) is 107 cm³/mol. The lowest BCUT2D eigenvalue weighted by Gasteiger charge is -2.21. The van der Waals surface area contributed by atoms with Crippen LogP contribution in [0.5, 0.6) is 0 Å². The molecule has 0 spiro atoms. The molecular formula is C15H24ClN2O3PS2. The molecule has 5 nitrogen and oxygen atoms in total. The average molecular weight is 411 g/mol. The maximum atomic E-state index is 12.0. The number of carbonyl (C=O) groups is 1. The Kier molecular flexibility index (Phi) is 11.0. The molecule has 1 rings (SSSR count). The monoisotopic (exact) mass is 410 g/mol. The van der Waals surface area contributed by atoms with E-state index in [2.05, 4.69) is 23.9 Å². The molecule has 24 heavy (non-hydrogen) atoms. The highest BCUT2D eigenvalue weighted by molar-refractivity contribution is 8.67. The lowest BCUT2D eigenvalue weighted by atomic mass is 10.3. The van der Waals surface area contributed by atoms with Crippen molar-refractivity contribution in [1.82, 2.24) is 4.72 Å². The van der Waals surface area contributed by atoms with Crippen LogP contribution in [-0.2, 0) is 20.9 Å². The highest BCUT2D eigenvalue weighted by atomic mass is 35.5. The van der Waals surface area contributed by atoms with E-state index >= 15 is 0 Å². The van der Waals surface area contributed by atoms with Gasteiger partial charge >= 0.3 is 6.03 Å². The number of hydrogen-bond acceptors (Lipinski definition) is 5. The molecule has 0 aliphatic carbocycles. The molecule has 0 unspecified atom stereocenters. The van der Waals surface area contributed by atoms with Gasteiger partial charge in [0.25, 0.3) is 5.69 Å². The van der Waals surface area contributed by atoms with Gasteiger partial charge in [0, 0.05) is 22.3 Å². The van der Waals surface area contributed by atoms with Gasteiger partial charge in [-0.25, -0.2) is 4.79 Å². The van der Waals surface area contributed by atoms with Crippen LogP contribution in [0.15, 0.2) is 24.3 Å². The number of benzene rings is 1. The molecule has 9 heteroatoms. The van der Waals surface area contributed by atoms with Crippen molar-refractivity contribution in [3.05, 3.63) is 29.3 Å². The van der Waals surface area contributed by atoms with E-state index in [0.29, 0.717) is 23.9 Å². The van der Waals surface area contributed by atoms with Crippen molar-refractivity contribution < 1.29 is 13.8 Å². The van der Waals surface area contributed by atoms with Crippen LogP contribution < -0.4 is 10.0 Å². The highest BCUT2D eigenvalue weighted by Gasteiger charge is 2.22. The van der Waals surface area contributed by atoms with Crippen LogP contribution in [0, 0.1) is 0 Å². The number of nitrogens with one attached hydrogen (secondary N) is 2. The van der Waals surface area contributed by atoms with Crippen LogP contribution in [0.1, 0.15) is 39.5 Å². The van der Waals surface area contributed by atoms with Gasteiger partial charge in [-0.1, -0.05) is 44.4 Å². The van der Waals surface area contributed by atoms with E-state index < -0.39 is 11.7 Å². The normalized spacial score (nSPS) is 11.3. The number of rotatable bonds is 11. The third-order valence-electron chi connectivity index (χ3n) is 2.83. The molecular weight excluding hydrogens is 387 g/mol.